The molecule has 0 fully saturated rings. The standard InChI is InChI=1S/C16H24N2O2/c1-4-20-16(19)15(17-12(2)3)11-18-9-13-7-5-6-8-14(13)10-18/h5-8,12,15,17H,4,9-11H2,1-3H3. The molecule has 1 aromatic rings. The molecular weight excluding hydrogens is 252 g/mol. The molecule has 0 radical (unpaired) electrons. The van der Waals surface area contributed by atoms with Crippen LogP contribution in [0.1, 0.15) is 31.9 Å². The maximum absolute atomic E-state index is 12.0. The fraction of sp³-hybridized carbons (Fsp3) is 0.562. The first kappa shape index (κ1) is 15.0. The van der Waals surface area contributed by atoms with Crippen molar-refractivity contribution < 1.29 is 9.53 Å². The fourth-order valence-electron chi connectivity index (χ4n) is 2.63. The zero-order valence-corrected chi connectivity index (χ0v) is 12.6. The van der Waals surface area contributed by atoms with Gasteiger partial charge >= 0.3 is 5.97 Å². The number of carbonyl (C=O) groups is 1. The summed E-state index contributed by atoms with van der Waals surface area (Å²) < 4.78 is 5.16. The van der Waals surface area contributed by atoms with Gasteiger partial charge in [0.15, 0.2) is 0 Å². The van der Waals surface area contributed by atoms with Gasteiger partial charge in [0, 0.05) is 25.7 Å². The van der Waals surface area contributed by atoms with E-state index in [4.69, 9.17) is 4.74 Å². The van der Waals surface area contributed by atoms with Crippen LogP contribution in [0, 0.1) is 0 Å². The molecule has 0 aromatic heterocycles. The average molecular weight is 276 g/mol. The van der Waals surface area contributed by atoms with Crippen LogP contribution >= 0.6 is 0 Å². The van der Waals surface area contributed by atoms with Crippen molar-refractivity contribution in [1.29, 1.82) is 0 Å². The molecule has 0 saturated carbocycles. The highest BCUT2D eigenvalue weighted by Gasteiger charge is 2.26. The Hall–Kier alpha value is -1.39. The quantitative estimate of drug-likeness (QED) is 0.806. The Kier molecular flexibility index (Phi) is 5.15. The highest BCUT2D eigenvalue weighted by molar-refractivity contribution is 5.76. The Morgan fingerprint density at radius 3 is 2.40 bits per heavy atom. The molecule has 0 amide bonds. The predicted molar refractivity (Wildman–Crippen MR) is 79.2 cm³/mol. The van der Waals surface area contributed by atoms with E-state index in [-0.39, 0.29) is 18.1 Å². The number of nitrogens with one attached hydrogen (secondary N) is 1. The van der Waals surface area contributed by atoms with Crippen molar-refractivity contribution in [1.82, 2.24) is 10.2 Å². The lowest BCUT2D eigenvalue weighted by Gasteiger charge is -2.24. The molecule has 2 rings (SSSR count). The molecule has 1 unspecified atom stereocenters. The SMILES string of the molecule is CCOC(=O)C(CN1Cc2ccccc2C1)NC(C)C. The minimum Gasteiger partial charge on any atom is -0.465 e. The van der Waals surface area contributed by atoms with Gasteiger partial charge in [-0.15, -0.1) is 0 Å². The second-order valence-corrected chi connectivity index (χ2v) is 5.56. The summed E-state index contributed by atoms with van der Waals surface area (Å²) in [6, 6.07) is 8.45. The molecule has 1 aliphatic rings. The monoisotopic (exact) mass is 276 g/mol. The van der Waals surface area contributed by atoms with Gasteiger partial charge in [-0.3, -0.25) is 9.69 Å². The van der Waals surface area contributed by atoms with E-state index in [9.17, 15) is 4.79 Å². The summed E-state index contributed by atoms with van der Waals surface area (Å²) in [5.74, 6) is -0.155. The number of nitrogens with zero attached hydrogens (tertiary/aromatic N) is 1. The Morgan fingerprint density at radius 1 is 1.30 bits per heavy atom. The smallest absolute Gasteiger partial charge is 0.324 e. The first-order valence-electron chi connectivity index (χ1n) is 7.32. The molecule has 1 N–H and O–H groups in total. The zero-order chi connectivity index (χ0) is 14.5. The lowest BCUT2D eigenvalue weighted by molar-refractivity contribution is -0.146. The summed E-state index contributed by atoms with van der Waals surface area (Å²) in [5, 5.41) is 3.30. The summed E-state index contributed by atoms with van der Waals surface area (Å²) in [5.41, 5.74) is 2.72. The summed E-state index contributed by atoms with van der Waals surface area (Å²) in [6.07, 6.45) is 0. The van der Waals surface area contributed by atoms with Crippen molar-refractivity contribution in [2.24, 2.45) is 0 Å². The fourth-order valence-corrected chi connectivity index (χ4v) is 2.63. The molecule has 0 aliphatic carbocycles. The van der Waals surface area contributed by atoms with Gasteiger partial charge in [-0.2, -0.15) is 0 Å². The van der Waals surface area contributed by atoms with Crippen molar-refractivity contribution in [3.8, 4) is 0 Å². The van der Waals surface area contributed by atoms with E-state index >= 15 is 0 Å². The highest BCUT2D eigenvalue weighted by atomic mass is 16.5. The number of fused-ring (bicyclic) bond motifs is 1. The van der Waals surface area contributed by atoms with E-state index < -0.39 is 0 Å². The van der Waals surface area contributed by atoms with E-state index in [1.807, 2.05) is 20.8 Å². The third-order valence-corrected chi connectivity index (χ3v) is 3.45. The van der Waals surface area contributed by atoms with Crippen molar-refractivity contribution in [3.63, 3.8) is 0 Å². The number of benzene rings is 1. The van der Waals surface area contributed by atoms with Crippen LogP contribution < -0.4 is 5.32 Å². The average Bonchev–Trinajstić information content (AvgIpc) is 2.80. The molecule has 110 valence electrons. The molecule has 0 bridgehead atoms. The Balaban J connectivity index is 1.97. The van der Waals surface area contributed by atoms with Crippen molar-refractivity contribution >= 4 is 5.97 Å². The third-order valence-electron chi connectivity index (χ3n) is 3.45. The Labute approximate surface area is 121 Å². The first-order chi connectivity index (χ1) is 9.60. The lowest BCUT2D eigenvalue weighted by atomic mass is 10.1. The van der Waals surface area contributed by atoms with E-state index in [2.05, 4.69) is 34.5 Å². The number of carbonyl (C=O) groups excluding carboxylic acids is 1. The van der Waals surface area contributed by atoms with Crippen LogP contribution in [-0.2, 0) is 22.6 Å². The van der Waals surface area contributed by atoms with Crippen LogP contribution in [-0.4, -0.2) is 36.1 Å². The van der Waals surface area contributed by atoms with E-state index in [1.165, 1.54) is 11.1 Å². The van der Waals surface area contributed by atoms with Crippen LogP contribution in [0.15, 0.2) is 24.3 Å². The number of rotatable bonds is 6. The second-order valence-electron chi connectivity index (χ2n) is 5.56. The first-order valence-corrected chi connectivity index (χ1v) is 7.32. The maximum Gasteiger partial charge on any atom is 0.324 e. The summed E-state index contributed by atoms with van der Waals surface area (Å²) >= 11 is 0. The molecular formula is C16H24N2O2. The maximum atomic E-state index is 12.0. The highest BCUT2D eigenvalue weighted by Crippen LogP contribution is 2.22. The third kappa shape index (κ3) is 3.81. The van der Waals surface area contributed by atoms with E-state index in [0.29, 0.717) is 13.2 Å². The van der Waals surface area contributed by atoms with Crippen LogP contribution in [0.3, 0.4) is 0 Å². The van der Waals surface area contributed by atoms with Crippen LogP contribution in [0.2, 0.25) is 0 Å². The van der Waals surface area contributed by atoms with Gasteiger partial charge in [0.2, 0.25) is 0 Å². The molecule has 20 heavy (non-hydrogen) atoms. The molecule has 0 spiro atoms. The zero-order valence-electron chi connectivity index (χ0n) is 12.6. The minimum atomic E-state index is -0.260. The second kappa shape index (κ2) is 6.86. The summed E-state index contributed by atoms with van der Waals surface area (Å²) in [7, 11) is 0. The van der Waals surface area contributed by atoms with Gasteiger partial charge in [-0.1, -0.05) is 38.1 Å². The van der Waals surface area contributed by atoms with Crippen LogP contribution in [0.25, 0.3) is 0 Å². The van der Waals surface area contributed by atoms with Gasteiger partial charge in [0.1, 0.15) is 6.04 Å². The Morgan fingerprint density at radius 2 is 1.90 bits per heavy atom. The number of hydrogen-bond acceptors (Lipinski definition) is 4. The van der Waals surface area contributed by atoms with Gasteiger partial charge < -0.3 is 10.1 Å². The molecule has 4 heteroatoms. The molecule has 0 saturated heterocycles. The predicted octanol–water partition coefficient (Wildman–Crippen LogP) is 1.93. The van der Waals surface area contributed by atoms with Crippen molar-refractivity contribution in [2.75, 3.05) is 13.2 Å². The lowest BCUT2D eigenvalue weighted by Crippen LogP contribution is -2.48. The minimum absolute atomic E-state index is 0.155. The van der Waals surface area contributed by atoms with E-state index in [1.54, 1.807) is 0 Å². The number of esters is 1. The number of ether oxygens (including phenoxy) is 1. The van der Waals surface area contributed by atoms with Gasteiger partial charge in [0.05, 0.1) is 6.61 Å². The molecule has 1 aromatic carbocycles. The molecule has 1 heterocycles. The molecule has 1 aliphatic heterocycles. The topological polar surface area (TPSA) is 41.6 Å². The van der Waals surface area contributed by atoms with E-state index in [0.717, 1.165) is 13.1 Å². The van der Waals surface area contributed by atoms with Gasteiger partial charge in [-0.25, -0.2) is 0 Å². The number of hydrogen-bond donors (Lipinski definition) is 1. The van der Waals surface area contributed by atoms with Crippen LogP contribution in [0.5, 0.6) is 0 Å². The van der Waals surface area contributed by atoms with Gasteiger partial charge in [-0.05, 0) is 18.1 Å². The van der Waals surface area contributed by atoms with Gasteiger partial charge in [0.25, 0.3) is 0 Å². The largest absolute Gasteiger partial charge is 0.465 e. The normalized spacial score (nSPS) is 16.2. The Bertz CT molecular complexity index is 435. The van der Waals surface area contributed by atoms with Crippen molar-refractivity contribution in [2.45, 2.75) is 45.9 Å². The van der Waals surface area contributed by atoms with Crippen LogP contribution in [0.4, 0.5) is 0 Å². The summed E-state index contributed by atoms with van der Waals surface area (Å²) in [6.45, 7) is 8.87. The molecule has 1 atom stereocenters. The van der Waals surface area contributed by atoms with Crippen molar-refractivity contribution in [3.05, 3.63) is 35.4 Å². The molecule has 4 nitrogen and oxygen atoms in total. The summed E-state index contributed by atoms with van der Waals surface area (Å²) in [4.78, 5) is 14.3.